The van der Waals surface area contributed by atoms with Crippen LogP contribution in [0.25, 0.3) is 11.2 Å². The maximum absolute atomic E-state index is 12.7. The smallest absolute Gasteiger partial charge is 0.283 e. The van der Waals surface area contributed by atoms with Gasteiger partial charge in [-0.2, -0.15) is 0 Å². The van der Waals surface area contributed by atoms with E-state index in [-0.39, 0.29) is 18.0 Å². The lowest BCUT2D eigenvalue weighted by Crippen LogP contribution is -2.28. The fraction of sp³-hybridized carbons (Fsp3) is 0.150. The lowest BCUT2D eigenvalue weighted by atomic mass is 10.2. The average Bonchev–Trinajstić information content (AvgIpc) is 3.15. The summed E-state index contributed by atoms with van der Waals surface area (Å²) in [6.45, 7) is 0.228. The summed E-state index contributed by atoms with van der Waals surface area (Å²) in [4.78, 5) is 30.4. The molecule has 0 aliphatic rings. The molecule has 4 rings (SSSR count). The zero-order valence-electron chi connectivity index (χ0n) is 15.9. The molecule has 30 heavy (non-hydrogen) atoms. The van der Waals surface area contributed by atoms with Gasteiger partial charge < -0.3 is 5.32 Å². The van der Waals surface area contributed by atoms with Crippen molar-refractivity contribution in [3.8, 4) is 0 Å². The monoisotopic (exact) mass is 440 g/mol. The topological polar surface area (TPSA) is 94.7 Å². The van der Waals surface area contributed by atoms with Crippen molar-refractivity contribution in [1.82, 2.24) is 24.5 Å². The highest BCUT2D eigenvalue weighted by Gasteiger charge is 2.14. The first-order valence-corrected chi connectivity index (χ1v) is 10.6. The Hall–Kier alpha value is -3.17. The number of nitrogens with one attached hydrogen (secondary N) is 1. The summed E-state index contributed by atoms with van der Waals surface area (Å²) >= 11 is 7.49. The molecule has 2 heterocycles. The van der Waals surface area contributed by atoms with Gasteiger partial charge in [-0.1, -0.05) is 35.0 Å². The van der Waals surface area contributed by atoms with Crippen LogP contribution in [0, 0.1) is 0 Å². The quantitative estimate of drug-likeness (QED) is 0.463. The van der Waals surface area contributed by atoms with Crippen molar-refractivity contribution in [2.75, 3.05) is 11.6 Å². The summed E-state index contributed by atoms with van der Waals surface area (Å²) in [5, 5.41) is 11.4. The first kappa shape index (κ1) is 20.1. The largest absolute Gasteiger partial charge is 0.324 e. The van der Waals surface area contributed by atoms with Gasteiger partial charge in [0, 0.05) is 15.6 Å². The van der Waals surface area contributed by atoms with Crippen LogP contribution in [0.4, 0.5) is 5.69 Å². The standard InChI is InChI=1S/C20H17ClN6O2S/c1-30-16-4-2-3-15(9-16)23-17(28)11-26-12-22-19-18(20(26)29)24-25-27(19)10-13-5-7-14(21)8-6-13/h2-9,12H,10-11H2,1H3,(H,23,28). The van der Waals surface area contributed by atoms with Gasteiger partial charge in [-0.25, -0.2) is 9.67 Å². The van der Waals surface area contributed by atoms with E-state index in [0.29, 0.717) is 22.9 Å². The van der Waals surface area contributed by atoms with Gasteiger partial charge in [-0.3, -0.25) is 14.2 Å². The van der Waals surface area contributed by atoms with Crippen molar-refractivity contribution in [3.05, 3.63) is 75.8 Å². The lowest BCUT2D eigenvalue weighted by Gasteiger charge is -2.08. The molecule has 152 valence electrons. The number of rotatable bonds is 6. The third-order valence-electron chi connectivity index (χ3n) is 4.40. The van der Waals surface area contributed by atoms with Gasteiger partial charge in [0.15, 0.2) is 11.2 Å². The first-order chi connectivity index (χ1) is 14.5. The van der Waals surface area contributed by atoms with Crippen LogP contribution in [-0.2, 0) is 17.9 Å². The molecular formula is C20H17ClN6O2S. The number of carbonyl (C=O) groups is 1. The molecule has 1 amide bonds. The molecule has 2 aromatic heterocycles. The zero-order valence-corrected chi connectivity index (χ0v) is 17.5. The summed E-state index contributed by atoms with van der Waals surface area (Å²) in [6.07, 6.45) is 3.30. The molecule has 0 saturated heterocycles. The molecule has 0 saturated carbocycles. The predicted molar refractivity (Wildman–Crippen MR) is 117 cm³/mol. The lowest BCUT2D eigenvalue weighted by molar-refractivity contribution is -0.116. The second kappa shape index (κ2) is 8.68. The maximum Gasteiger partial charge on any atom is 0.283 e. The number of aromatic nitrogens is 5. The minimum absolute atomic E-state index is 0.114. The first-order valence-electron chi connectivity index (χ1n) is 9.00. The van der Waals surface area contributed by atoms with E-state index in [2.05, 4.69) is 20.6 Å². The third-order valence-corrected chi connectivity index (χ3v) is 5.38. The Bertz CT molecular complexity index is 1270. The highest BCUT2D eigenvalue weighted by Crippen LogP contribution is 2.19. The number of nitrogens with zero attached hydrogens (tertiary/aromatic N) is 5. The van der Waals surface area contributed by atoms with Crippen LogP contribution in [0.3, 0.4) is 0 Å². The Labute approximate surface area is 180 Å². The number of amides is 1. The SMILES string of the molecule is CSc1cccc(NC(=O)Cn2cnc3c(nnn3Cc3ccc(Cl)cc3)c2=O)c1. The van der Waals surface area contributed by atoms with E-state index in [1.165, 1.54) is 15.6 Å². The summed E-state index contributed by atoms with van der Waals surface area (Å²) in [5.41, 5.74) is 1.67. The molecule has 8 nitrogen and oxygen atoms in total. The van der Waals surface area contributed by atoms with E-state index < -0.39 is 5.56 Å². The van der Waals surface area contributed by atoms with Crippen LogP contribution < -0.4 is 10.9 Å². The van der Waals surface area contributed by atoms with Gasteiger partial charge in [-0.05, 0) is 42.2 Å². The maximum atomic E-state index is 12.7. The molecule has 1 N–H and O–H groups in total. The second-order valence-corrected chi connectivity index (χ2v) is 7.82. The van der Waals surface area contributed by atoms with E-state index in [1.54, 1.807) is 30.0 Å². The normalized spacial score (nSPS) is 11.0. The summed E-state index contributed by atoms with van der Waals surface area (Å²) in [7, 11) is 0. The van der Waals surface area contributed by atoms with Crippen LogP contribution in [0.15, 0.2) is 64.5 Å². The van der Waals surface area contributed by atoms with Crippen LogP contribution in [0.5, 0.6) is 0 Å². The summed E-state index contributed by atoms with van der Waals surface area (Å²) in [5.74, 6) is -0.329. The molecule has 2 aromatic carbocycles. The van der Waals surface area contributed by atoms with E-state index in [4.69, 9.17) is 11.6 Å². The number of halogens is 1. The Kier molecular flexibility index (Phi) is 5.82. The van der Waals surface area contributed by atoms with Crippen molar-refractivity contribution in [1.29, 1.82) is 0 Å². The van der Waals surface area contributed by atoms with Gasteiger partial charge in [0.25, 0.3) is 5.56 Å². The Morgan fingerprint density at radius 1 is 1.20 bits per heavy atom. The van der Waals surface area contributed by atoms with Crippen molar-refractivity contribution >= 4 is 46.1 Å². The molecule has 10 heteroatoms. The van der Waals surface area contributed by atoms with Gasteiger partial charge in [0.1, 0.15) is 12.9 Å². The molecule has 4 aromatic rings. The molecule has 0 unspecified atom stereocenters. The zero-order chi connectivity index (χ0) is 21.1. The number of carbonyl (C=O) groups excluding carboxylic acids is 1. The van der Waals surface area contributed by atoms with Crippen molar-refractivity contribution < 1.29 is 4.79 Å². The predicted octanol–water partition coefficient (Wildman–Crippen LogP) is 3.05. The van der Waals surface area contributed by atoms with E-state index in [0.717, 1.165) is 10.5 Å². The highest BCUT2D eigenvalue weighted by atomic mass is 35.5. The van der Waals surface area contributed by atoms with Gasteiger partial charge in [-0.15, -0.1) is 16.9 Å². The fourth-order valence-electron chi connectivity index (χ4n) is 2.93. The molecule has 0 aliphatic heterocycles. The number of benzene rings is 2. The Morgan fingerprint density at radius 2 is 2.00 bits per heavy atom. The minimum atomic E-state index is -0.421. The number of fused-ring (bicyclic) bond motifs is 1. The Morgan fingerprint density at radius 3 is 2.77 bits per heavy atom. The number of hydrogen-bond donors (Lipinski definition) is 1. The van der Waals surface area contributed by atoms with E-state index >= 15 is 0 Å². The highest BCUT2D eigenvalue weighted by molar-refractivity contribution is 7.98. The summed E-state index contributed by atoms with van der Waals surface area (Å²) < 4.78 is 2.76. The van der Waals surface area contributed by atoms with Crippen LogP contribution in [-0.4, -0.2) is 36.7 Å². The third kappa shape index (κ3) is 4.37. The van der Waals surface area contributed by atoms with Crippen LogP contribution in [0.2, 0.25) is 5.02 Å². The van der Waals surface area contributed by atoms with Gasteiger partial charge in [0.05, 0.1) is 6.54 Å². The average molecular weight is 441 g/mol. The molecule has 0 fully saturated rings. The number of thioether (sulfide) groups is 1. The fourth-order valence-corrected chi connectivity index (χ4v) is 3.51. The van der Waals surface area contributed by atoms with E-state index in [1.807, 2.05) is 36.6 Å². The van der Waals surface area contributed by atoms with E-state index in [9.17, 15) is 9.59 Å². The molecule has 0 aliphatic carbocycles. The number of anilines is 1. The molecule has 0 atom stereocenters. The van der Waals surface area contributed by atoms with Gasteiger partial charge in [0.2, 0.25) is 5.91 Å². The molecule has 0 bridgehead atoms. The molecule has 0 spiro atoms. The Balaban J connectivity index is 1.52. The minimum Gasteiger partial charge on any atom is -0.324 e. The van der Waals surface area contributed by atoms with Crippen LogP contribution in [0.1, 0.15) is 5.56 Å². The van der Waals surface area contributed by atoms with Crippen molar-refractivity contribution in [3.63, 3.8) is 0 Å². The molecular weight excluding hydrogens is 424 g/mol. The van der Waals surface area contributed by atoms with Gasteiger partial charge >= 0.3 is 0 Å². The summed E-state index contributed by atoms with van der Waals surface area (Å²) in [6, 6.07) is 14.8. The van der Waals surface area contributed by atoms with Crippen LogP contribution >= 0.6 is 23.4 Å². The molecule has 0 radical (unpaired) electrons. The van der Waals surface area contributed by atoms with Crippen molar-refractivity contribution in [2.45, 2.75) is 18.0 Å². The van der Waals surface area contributed by atoms with Crippen molar-refractivity contribution in [2.24, 2.45) is 0 Å². The number of hydrogen-bond acceptors (Lipinski definition) is 6. The second-order valence-electron chi connectivity index (χ2n) is 6.50.